The first-order chi connectivity index (χ1) is 3.79. The molecule has 0 saturated heterocycles. The van der Waals surface area contributed by atoms with Crippen LogP contribution in [0.3, 0.4) is 0 Å². The van der Waals surface area contributed by atoms with Gasteiger partial charge in [0.15, 0.2) is 0 Å². The maximum Gasteiger partial charge on any atom is 0.0273 e. The van der Waals surface area contributed by atoms with Crippen molar-refractivity contribution in [2.45, 2.75) is 13.3 Å². The number of nitrogens with two attached hydrogens (primary N) is 1. The summed E-state index contributed by atoms with van der Waals surface area (Å²) in [5, 5.41) is 0. The molecule has 8 heavy (non-hydrogen) atoms. The van der Waals surface area contributed by atoms with E-state index in [-0.39, 0.29) is 0 Å². The molecule has 0 aromatic heterocycles. The van der Waals surface area contributed by atoms with Crippen molar-refractivity contribution >= 4 is 0 Å². The largest absolute Gasteiger partial charge is 0.399 e. The average molecular weight is 109 g/mol. The van der Waals surface area contributed by atoms with Crippen molar-refractivity contribution in [2.75, 3.05) is 0 Å². The quantitative estimate of drug-likeness (QED) is 0.500. The van der Waals surface area contributed by atoms with Crippen molar-refractivity contribution < 1.29 is 0 Å². The van der Waals surface area contributed by atoms with Crippen molar-refractivity contribution in [1.29, 1.82) is 0 Å². The van der Waals surface area contributed by atoms with Gasteiger partial charge in [0, 0.05) is 5.70 Å². The minimum absolute atomic E-state index is 0.639. The summed E-state index contributed by atoms with van der Waals surface area (Å²) < 4.78 is 0. The minimum Gasteiger partial charge on any atom is -0.399 e. The Kier molecular flexibility index (Phi) is 1.38. The van der Waals surface area contributed by atoms with Crippen LogP contribution < -0.4 is 5.73 Å². The minimum atomic E-state index is 0.639. The van der Waals surface area contributed by atoms with E-state index in [1.54, 1.807) is 0 Å². The molecule has 0 spiro atoms. The fourth-order valence-corrected chi connectivity index (χ4v) is 0.871. The maximum absolute atomic E-state index is 5.50. The lowest BCUT2D eigenvalue weighted by Gasteiger charge is -2.07. The number of rotatable bonds is 0. The maximum atomic E-state index is 5.50. The van der Waals surface area contributed by atoms with Crippen molar-refractivity contribution in [1.82, 2.24) is 0 Å². The van der Waals surface area contributed by atoms with Crippen LogP contribution in [0.1, 0.15) is 13.3 Å². The van der Waals surface area contributed by atoms with Gasteiger partial charge in [0.2, 0.25) is 0 Å². The van der Waals surface area contributed by atoms with Crippen molar-refractivity contribution in [3.8, 4) is 0 Å². The lowest BCUT2D eigenvalue weighted by atomic mass is 10.0. The summed E-state index contributed by atoms with van der Waals surface area (Å²) in [6, 6.07) is 0. The SMILES string of the molecule is CC1C=C(N)C=CC1. The summed E-state index contributed by atoms with van der Waals surface area (Å²) in [5.74, 6) is 0.639. The molecular weight excluding hydrogens is 98.1 g/mol. The van der Waals surface area contributed by atoms with Gasteiger partial charge in [-0.1, -0.05) is 19.1 Å². The van der Waals surface area contributed by atoms with Gasteiger partial charge < -0.3 is 5.73 Å². The van der Waals surface area contributed by atoms with E-state index in [4.69, 9.17) is 5.73 Å². The Balaban J connectivity index is 2.63. The summed E-state index contributed by atoms with van der Waals surface area (Å²) in [6.45, 7) is 2.16. The molecule has 1 unspecified atom stereocenters. The van der Waals surface area contributed by atoms with Crippen LogP contribution in [0.2, 0.25) is 0 Å². The van der Waals surface area contributed by atoms with Crippen LogP contribution >= 0.6 is 0 Å². The Hall–Kier alpha value is -0.720. The third kappa shape index (κ3) is 1.12. The van der Waals surface area contributed by atoms with E-state index in [2.05, 4.69) is 19.1 Å². The number of hydrogen-bond acceptors (Lipinski definition) is 1. The third-order valence-corrected chi connectivity index (χ3v) is 1.30. The predicted molar refractivity (Wildman–Crippen MR) is 35.2 cm³/mol. The standard InChI is InChI=1S/C7H11N/c1-6-3-2-4-7(8)5-6/h2,4-6H,3,8H2,1H3. The molecule has 0 radical (unpaired) electrons. The van der Waals surface area contributed by atoms with Crippen molar-refractivity contribution in [2.24, 2.45) is 11.7 Å². The first-order valence-corrected chi connectivity index (χ1v) is 2.93. The zero-order valence-electron chi connectivity index (χ0n) is 5.09. The zero-order valence-corrected chi connectivity index (χ0v) is 5.09. The highest BCUT2D eigenvalue weighted by Crippen LogP contribution is 2.11. The van der Waals surface area contributed by atoms with Crippen LogP contribution in [0.5, 0.6) is 0 Å². The first kappa shape index (κ1) is 5.42. The van der Waals surface area contributed by atoms with E-state index in [9.17, 15) is 0 Å². The highest BCUT2D eigenvalue weighted by molar-refractivity contribution is 5.19. The second-order valence-electron chi connectivity index (χ2n) is 2.28. The van der Waals surface area contributed by atoms with E-state index < -0.39 is 0 Å². The van der Waals surface area contributed by atoms with E-state index in [0.29, 0.717) is 5.92 Å². The van der Waals surface area contributed by atoms with Gasteiger partial charge in [0.05, 0.1) is 0 Å². The van der Waals surface area contributed by atoms with Crippen LogP contribution in [0.4, 0.5) is 0 Å². The first-order valence-electron chi connectivity index (χ1n) is 2.93. The van der Waals surface area contributed by atoms with Gasteiger partial charge in [-0.2, -0.15) is 0 Å². The van der Waals surface area contributed by atoms with Gasteiger partial charge in [-0.25, -0.2) is 0 Å². The molecule has 44 valence electrons. The normalized spacial score (nSPS) is 27.6. The fourth-order valence-electron chi connectivity index (χ4n) is 0.871. The van der Waals surface area contributed by atoms with Gasteiger partial charge >= 0.3 is 0 Å². The highest BCUT2D eigenvalue weighted by Gasteiger charge is 1.98. The molecule has 1 heteroatoms. The van der Waals surface area contributed by atoms with E-state index >= 15 is 0 Å². The Labute approximate surface area is 49.9 Å². The fraction of sp³-hybridized carbons (Fsp3) is 0.429. The lowest BCUT2D eigenvalue weighted by Crippen LogP contribution is -2.01. The number of allylic oxidation sites excluding steroid dienone is 3. The molecule has 0 saturated carbocycles. The Morgan fingerprint density at radius 2 is 2.50 bits per heavy atom. The van der Waals surface area contributed by atoms with Gasteiger partial charge in [0.25, 0.3) is 0 Å². The molecule has 1 atom stereocenters. The van der Waals surface area contributed by atoms with E-state index in [1.165, 1.54) is 0 Å². The van der Waals surface area contributed by atoms with Crippen LogP contribution in [0, 0.1) is 5.92 Å². The molecule has 1 nitrogen and oxygen atoms in total. The van der Waals surface area contributed by atoms with Gasteiger partial charge in [-0.15, -0.1) is 0 Å². The highest BCUT2D eigenvalue weighted by atomic mass is 14.6. The monoisotopic (exact) mass is 109 g/mol. The topological polar surface area (TPSA) is 26.0 Å². The molecule has 0 aromatic rings. The van der Waals surface area contributed by atoms with Crippen LogP contribution in [0.25, 0.3) is 0 Å². The van der Waals surface area contributed by atoms with Crippen molar-refractivity contribution in [3.63, 3.8) is 0 Å². The number of hydrogen-bond donors (Lipinski definition) is 1. The molecule has 2 N–H and O–H groups in total. The predicted octanol–water partition coefficient (Wildman–Crippen LogP) is 1.43. The van der Waals surface area contributed by atoms with Crippen LogP contribution in [-0.2, 0) is 0 Å². The summed E-state index contributed by atoms with van der Waals surface area (Å²) in [7, 11) is 0. The van der Waals surface area contributed by atoms with Crippen molar-refractivity contribution in [3.05, 3.63) is 23.9 Å². The molecular formula is C7H11N. The van der Waals surface area contributed by atoms with Gasteiger partial charge in [-0.05, 0) is 18.4 Å². The smallest absolute Gasteiger partial charge is 0.0273 e. The Bertz CT molecular complexity index is 133. The molecule has 1 aliphatic carbocycles. The van der Waals surface area contributed by atoms with Crippen LogP contribution in [-0.4, -0.2) is 0 Å². The van der Waals surface area contributed by atoms with E-state index in [1.807, 2.05) is 6.08 Å². The third-order valence-electron chi connectivity index (χ3n) is 1.30. The van der Waals surface area contributed by atoms with Crippen LogP contribution in [0.15, 0.2) is 23.9 Å². The van der Waals surface area contributed by atoms with Gasteiger partial charge in [0.1, 0.15) is 0 Å². The second-order valence-corrected chi connectivity index (χ2v) is 2.28. The average Bonchev–Trinajstić information content (AvgIpc) is 1.64. The molecule has 0 bridgehead atoms. The summed E-state index contributed by atoms with van der Waals surface area (Å²) >= 11 is 0. The second kappa shape index (κ2) is 2.03. The molecule has 0 heterocycles. The molecule has 0 fully saturated rings. The Morgan fingerprint density at radius 1 is 1.75 bits per heavy atom. The summed E-state index contributed by atoms with van der Waals surface area (Å²) in [5.41, 5.74) is 6.41. The lowest BCUT2D eigenvalue weighted by molar-refractivity contribution is 0.727. The van der Waals surface area contributed by atoms with E-state index in [0.717, 1.165) is 12.1 Å². The summed E-state index contributed by atoms with van der Waals surface area (Å²) in [4.78, 5) is 0. The molecule has 0 aromatic carbocycles. The zero-order chi connectivity index (χ0) is 5.98. The Morgan fingerprint density at radius 3 is 2.88 bits per heavy atom. The molecule has 0 amide bonds. The van der Waals surface area contributed by atoms with Gasteiger partial charge in [-0.3, -0.25) is 0 Å². The summed E-state index contributed by atoms with van der Waals surface area (Å²) in [6.07, 6.45) is 7.29. The molecule has 1 aliphatic rings. The molecule has 0 aliphatic heterocycles. The molecule has 1 rings (SSSR count).